The average Bonchev–Trinajstić information content (AvgIpc) is 3.31. The van der Waals surface area contributed by atoms with E-state index in [9.17, 15) is 0 Å². The summed E-state index contributed by atoms with van der Waals surface area (Å²) < 4.78 is 0. The van der Waals surface area contributed by atoms with Crippen molar-refractivity contribution in [3.8, 4) is 0 Å². The van der Waals surface area contributed by atoms with E-state index in [0.717, 1.165) is 33.3 Å². The molecule has 0 radical (unpaired) electrons. The summed E-state index contributed by atoms with van der Waals surface area (Å²) in [5.74, 6) is 0. The minimum absolute atomic E-state index is 0.567. The Balaban J connectivity index is 1.63. The molecule has 1 aliphatic carbocycles. The lowest BCUT2D eigenvalue weighted by atomic mass is 9.95. The molecule has 0 spiro atoms. The normalized spacial score (nSPS) is 19.8. The van der Waals surface area contributed by atoms with Gasteiger partial charge in [0.2, 0.25) is 0 Å². The zero-order valence-corrected chi connectivity index (χ0v) is 14.9. The zero-order valence-electron chi connectivity index (χ0n) is 14.1. The highest BCUT2D eigenvalue weighted by Gasteiger charge is 2.19. The number of aromatic amines is 1. The first-order valence-electron chi connectivity index (χ1n) is 8.96. The average molecular weight is 352 g/mol. The van der Waals surface area contributed by atoms with Gasteiger partial charge in [0.15, 0.2) is 0 Å². The second-order valence-corrected chi connectivity index (χ2v) is 7.11. The van der Waals surface area contributed by atoms with Gasteiger partial charge in [0.25, 0.3) is 0 Å². The highest BCUT2D eigenvalue weighted by molar-refractivity contribution is 6.30. The van der Waals surface area contributed by atoms with Crippen molar-refractivity contribution in [2.24, 2.45) is 4.99 Å². The molecule has 4 heteroatoms. The molecule has 1 saturated carbocycles. The summed E-state index contributed by atoms with van der Waals surface area (Å²) in [6.07, 6.45) is 12.6. The van der Waals surface area contributed by atoms with Crippen LogP contribution in [-0.4, -0.2) is 16.7 Å². The fourth-order valence-electron chi connectivity index (χ4n) is 3.50. The van der Waals surface area contributed by atoms with Gasteiger partial charge in [-0.05, 0) is 48.7 Å². The molecule has 3 nitrogen and oxygen atoms in total. The summed E-state index contributed by atoms with van der Waals surface area (Å²) in [5, 5.41) is 4.34. The summed E-state index contributed by atoms with van der Waals surface area (Å²) in [6, 6.07) is 12.6. The van der Waals surface area contributed by atoms with Crippen LogP contribution in [0.4, 0.5) is 0 Å². The maximum absolute atomic E-state index is 6.05. The Labute approximate surface area is 153 Å². The Kier molecular flexibility index (Phi) is 4.75. The molecule has 25 heavy (non-hydrogen) atoms. The van der Waals surface area contributed by atoms with E-state index in [-0.39, 0.29) is 0 Å². The lowest BCUT2D eigenvalue weighted by Gasteiger charge is -2.22. The Morgan fingerprint density at radius 3 is 2.60 bits per heavy atom. The molecule has 2 N–H and O–H groups in total. The first-order valence-corrected chi connectivity index (χ1v) is 9.34. The number of nitrogens with zero attached hydrogens (tertiary/aromatic N) is 1. The van der Waals surface area contributed by atoms with E-state index < -0.39 is 0 Å². The molecular weight excluding hydrogens is 330 g/mol. The standard InChI is InChI=1S/C21H22ClN3/c22-16-10-8-15(9-11-16)18-13-20(19-7-4-12-23-19)25-21(18)14-24-17-5-2-1-3-6-17/h4,7-14,17,23-24H,1-3,5-6H2/b21-14-. The van der Waals surface area contributed by atoms with Gasteiger partial charge in [-0.3, -0.25) is 0 Å². The van der Waals surface area contributed by atoms with Crippen molar-refractivity contribution in [1.29, 1.82) is 0 Å². The molecule has 0 unspecified atom stereocenters. The number of halogens is 1. The van der Waals surface area contributed by atoms with Crippen molar-refractivity contribution in [3.63, 3.8) is 0 Å². The molecule has 1 fully saturated rings. The van der Waals surface area contributed by atoms with Crippen molar-refractivity contribution in [2.75, 3.05) is 0 Å². The van der Waals surface area contributed by atoms with Crippen LogP contribution in [0.25, 0.3) is 5.57 Å². The molecule has 2 aromatic rings. The third-order valence-electron chi connectivity index (χ3n) is 4.89. The zero-order chi connectivity index (χ0) is 17.1. The number of nitrogens with one attached hydrogen (secondary N) is 2. The summed E-state index contributed by atoms with van der Waals surface area (Å²) >= 11 is 6.05. The Morgan fingerprint density at radius 1 is 1.08 bits per heavy atom. The fraction of sp³-hybridized carbons (Fsp3) is 0.286. The fourth-order valence-corrected chi connectivity index (χ4v) is 3.62. The van der Waals surface area contributed by atoms with Gasteiger partial charge in [-0.1, -0.05) is 43.0 Å². The number of H-pyrrole nitrogens is 1. The van der Waals surface area contributed by atoms with Crippen molar-refractivity contribution in [2.45, 2.75) is 38.1 Å². The molecule has 4 rings (SSSR count). The topological polar surface area (TPSA) is 40.2 Å². The van der Waals surface area contributed by atoms with Crippen LogP contribution in [0.2, 0.25) is 5.02 Å². The highest BCUT2D eigenvalue weighted by Crippen LogP contribution is 2.31. The summed E-state index contributed by atoms with van der Waals surface area (Å²) in [5.41, 5.74) is 5.24. The van der Waals surface area contributed by atoms with Crippen LogP contribution in [0.5, 0.6) is 0 Å². The lowest BCUT2D eigenvalue weighted by Crippen LogP contribution is -2.26. The predicted octanol–water partition coefficient (Wildman–Crippen LogP) is 5.32. The number of rotatable bonds is 4. The van der Waals surface area contributed by atoms with Crippen LogP contribution in [-0.2, 0) is 0 Å². The largest absolute Gasteiger partial charge is 0.386 e. The van der Waals surface area contributed by atoms with Gasteiger partial charge in [-0.2, -0.15) is 0 Å². The minimum atomic E-state index is 0.567. The van der Waals surface area contributed by atoms with E-state index in [1.807, 2.05) is 30.5 Å². The molecule has 0 amide bonds. The van der Waals surface area contributed by atoms with E-state index >= 15 is 0 Å². The van der Waals surface area contributed by atoms with Gasteiger partial charge in [0.05, 0.1) is 17.1 Å². The quantitative estimate of drug-likeness (QED) is 0.769. The van der Waals surface area contributed by atoms with Gasteiger partial charge >= 0.3 is 0 Å². The van der Waals surface area contributed by atoms with Crippen LogP contribution in [0.15, 0.2) is 65.6 Å². The smallest absolute Gasteiger partial charge is 0.0879 e. The molecule has 1 aromatic carbocycles. The van der Waals surface area contributed by atoms with Crippen LogP contribution in [0.3, 0.4) is 0 Å². The van der Waals surface area contributed by atoms with E-state index in [0.29, 0.717) is 6.04 Å². The van der Waals surface area contributed by atoms with Gasteiger partial charge in [0.1, 0.15) is 0 Å². The maximum atomic E-state index is 6.05. The number of hydrogen-bond acceptors (Lipinski definition) is 2. The van der Waals surface area contributed by atoms with Crippen molar-refractivity contribution < 1.29 is 0 Å². The van der Waals surface area contributed by atoms with E-state index in [1.165, 1.54) is 32.1 Å². The van der Waals surface area contributed by atoms with E-state index in [1.54, 1.807) is 0 Å². The van der Waals surface area contributed by atoms with Crippen LogP contribution < -0.4 is 5.32 Å². The molecule has 128 valence electrons. The summed E-state index contributed by atoms with van der Waals surface area (Å²) in [6.45, 7) is 0. The first kappa shape index (κ1) is 16.2. The molecular formula is C21H22ClN3. The number of benzene rings is 1. The first-order chi connectivity index (χ1) is 12.3. The SMILES string of the molecule is Clc1ccc(C2=CC(c3ccc[nH]3)=N/C2=C\NC2CCCCC2)cc1. The Bertz CT molecular complexity index is 807. The van der Waals surface area contributed by atoms with Gasteiger partial charge < -0.3 is 10.3 Å². The van der Waals surface area contributed by atoms with Crippen molar-refractivity contribution >= 4 is 22.9 Å². The van der Waals surface area contributed by atoms with Gasteiger partial charge in [-0.25, -0.2) is 4.99 Å². The second-order valence-electron chi connectivity index (χ2n) is 6.68. The molecule has 0 atom stereocenters. The van der Waals surface area contributed by atoms with E-state index in [4.69, 9.17) is 16.6 Å². The van der Waals surface area contributed by atoms with Crippen LogP contribution in [0.1, 0.15) is 43.4 Å². The number of hydrogen-bond donors (Lipinski definition) is 2. The molecule has 1 aliphatic heterocycles. The van der Waals surface area contributed by atoms with E-state index in [2.05, 4.69) is 34.7 Å². The number of aliphatic imine (C=N–C) groups is 1. The number of allylic oxidation sites excluding steroid dienone is 2. The van der Waals surface area contributed by atoms with Crippen molar-refractivity contribution in [3.05, 3.63) is 76.8 Å². The monoisotopic (exact) mass is 351 g/mol. The molecule has 1 aromatic heterocycles. The lowest BCUT2D eigenvalue weighted by molar-refractivity contribution is 0.404. The minimum Gasteiger partial charge on any atom is -0.386 e. The Hall–Kier alpha value is -2.26. The predicted molar refractivity (Wildman–Crippen MR) is 105 cm³/mol. The van der Waals surface area contributed by atoms with Crippen molar-refractivity contribution in [1.82, 2.24) is 10.3 Å². The van der Waals surface area contributed by atoms with Gasteiger partial charge in [-0.15, -0.1) is 0 Å². The third kappa shape index (κ3) is 3.72. The molecule has 0 bridgehead atoms. The highest BCUT2D eigenvalue weighted by atomic mass is 35.5. The van der Waals surface area contributed by atoms with Crippen LogP contribution >= 0.6 is 11.6 Å². The third-order valence-corrected chi connectivity index (χ3v) is 5.14. The molecule has 2 heterocycles. The molecule has 0 saturated heterocycles. The van der Waals surface area contributed by atoms with Crippen LogP contribution in [0, 0.1) is 0 Å². The second kappa shape index (κ2) is 7.32. The summed E-state index contributed by atoms with van der Waals surface area (Å²) in [7, 11) is 0. The maximum Gasteiger partial charge on any atom is 0.0879 e. The summed E-state index contributed by atoms with van der Waals surface area (Å²) in [4.78, 5) is 8.10. The number of aromatic nitrogens is 1. The Morgan fingerprint density at radius 2 is 1.88 bits per heavy atom. The molecule has 2 aliphatic rings. The van der Waals surface area contributed by atoms with Gasteiger partial charge in [0, 0.05) is 29.0 Å².